The van der Waals surface area contributed by atoms with Crippen LogP contribution in [-0.2, 0) is 24.0 Å². The molecular formula is C28H31N7O10S2. The molecule has 2 saturated heterocycles. The summed E-state index contributed by atoms with van der Waals surface area (Å²) in [5.41, 5.74) is 4.06. The van der Waals surface area contributed by atoms with E-state index in [1.807, 2.05) is 4.90 Å². The molecule has 0 saturated carbocycles. The molecule has 47 heavy (non-hydrogen) atoms. The molecule has 3 aliphatic heterocycles. The maximum atomic E-state index is 13.3. The van der Waals surface area contributed by atoms with Crippen LogP contribution in [0.2, 0.25) is 0 Å². The number of phenols is 2. The molecule has 5 rings (SSSR count). The van der Waals surface area contributed by atoms with E-state index in [1.165, 1.54) is 49.2 Å². The van der Waals surface area contributed by atoms with E-state index in [0.717, 1.165) is 16.2 Å². The minimum Gasteiger partial charge on any atom is -0.504 e. The zero-order chi connectivity index (χ0) is 34.2. The Morgan fingerprint density at radius 3 is 2.43 bits per heavy atom. The van der Waals surface area contributed by atoms with E-state index >= 15 is 0 Å². The van der Waals surface area contributed by atoms with Gasteiger partial charge in [-0.15, -0.1) is 23.1 Å². The second-order valence-electron chi connectivity index (χ2n) is 11.3. The summed E-state index contributed by atoms with van der Waals surface area (Å²) in [6, 6.07) is 2.74. The number of aromatic nitrogens is 1. The number of thiazole rings is 1. The quantitative estimate of drug-likeness (QED) is 0.0827. The Morgan fingerprint density at radius 1 is 1.13 bits per heavy atom. The fourth-order valence-electron chi connectivity index (χ4n) is 5.03. The zero-order valence-electron chi connectivity index (χ0n) is 25.1. The number of thioether (sulfide) groups is 1. The molecule has 0 aliphatic carbocycles. The number of β-lactam (4-membered cyclic amide) rings is 1. The van der Waals surface area contributed by atoms with Gasteiger partial charge in [-0.1, -0.05) is 5.16 Å². The van der Waals surface area contributed by atoms with Crippen LogP contribution in [0.5, 0.6) is 11.5 Å². The number of carboxylic acids is 2. The summed E-state index contributed by atoms with van der Waals surface area (Å²) >= 11 is 2.28. The van der Waals surface area contributed by atoms with Crippen LogP contribution in [-0.4, -0.2) is 131 Å². The summed E-state index contributed by atoms with van der Waals surface area (Å²) < 4.78 is 0. The largest absolute Gasteiger partial charge is 0.504 e. The van der Waals surface area contributed by atoms with Crippen molar-refractivity contribution in [1.29, 1.82) is 0 Å². The Bertz CT molecular complexity index is 1700. The van der Waals surface area contributed by atoms with E-state index in [4.69, 9.17) is 10.6 Å². The van der Waals surface area contributed by atoms with Gasteiger partial charge in [-0.2, -0.15) is 0 Å². The van der Waals surface area contributed by atoms with Crippen LogP contribution in [0.15, 0.2) is 40.0 Å². The van der Waals surface area contributed by atoms with Gasteiger partial charge in [-0.3, -0.25) is 24.2 Å². The minimum absolute atomic E-state index is 0.00234. The average molecular weight is 690 g/mol. The molecule has 2 atom stereocenters. The number of fused-ring (bicyclic) bond motifs is 1. The standard InChI is InChI=1S/C28H31N7O10S2/c1-28(2,26(43)44)45-32-18(15-12-47-27(29)30-15)21(38)31-19-23(40)35-20(25(41)42)14(11-46-24(19)35)10-33-5-7-34(8-6-33)22(39)13-3-4-16(36)17(37)9-13/h3-4,9,12,19,24,36-37H,5-8,10-11H2,1-2H3,(H2,29,30)(H,31,38)(H,41,42)(H,43,44)/b32-18-. The maximum absolute atomic E-state index is 13.3. The molecule has 19 heteroatoms. The van der Waals surface area contributed by atoms with Gasteiger partial charge in [0.2, 0.25) is 5.60 Å². The van der Waals surface area contributed by atoms with Crippen molar-refractivity contribution in [3.8, 4) is 11.5 Å². The van der Waals surface area contributed by atoms with Crippen LogP contribution in [0.1, 0.15) is 29.9 Å². The Labute approximate surface area is 275 Å². The molecule has 0 bridgehead atoms. The lowest BCUT2D eigenvalue weighted by Crippen LogP contribution is -2.71. The van der Waals surface area contributed by atoms with Gasteiger partial charge in [-0.25, -0.2) is 14.6 Å². The third kappa shape index (κ3) is 6.81. The highest BCUT2D eigenvalue weighted by Crippen LogP contribution is 2.40. The van der Waals surface area contributed by atoms with Crippen LogP contribution in [0.3, 0.4) is 0 Å². The van der Waals surface area contributed by atoms with Crippen molar-refractivity contribution in [2.45, 2.75) is 30.9 Å². The third-order valence-electron chi connectivity index (χ3n) is 7.69. The third-order valence-corrected chi connectivity index (χ3v) is 9.71. The van der Waals surface area contributed by atoms with Gasteiger partial charge in [0.05, 0.1) is 0 Å². The molecule has 1 aromatic heterocycles. The number of rotatable bonds is 10. The maximum Gasteiger partial charge on any atom is 0.352 e. The van der Waals surface area contributed by atoms with Gasteiger partial charge < -0.3 is 41.2 Å². The number of aromatic hydroxyl groups is 2. The van der Waals surface area contributed by atoms with E-state index < -0.39 is 52.2 Å². The molecule has 1 aromatic carbocycles. The number of phenolic OH excluding ortho intramolecular Hbond substituents is 2. The van der Waals surface area contributed by atoms with Crippen LogP contribution in [0.25, 0.3) is 0 Å². The number of carbonyl (C=O) groups is 5. The Morgan fingerprint density at radius 2 is 1.83 bits per heavy atom. The highest BCUT2D eigenvalue weighted by molar-refractivity contribution is 8.00. The van der Waals surface area contributed by atoms with E-state index in [9.17, 15) is 44.4 Å². The van der Waals surface area contributed by atoms with Gasteiger partial charge >= 0.3 is 11.9 Å². The fourth-order valence-corrected chi connectivity index (χ4v) is 6.92. The van der Waals surface area contributed by atoms with Crippen molar-refractivity contribution in [3.63, 3.8) is 0 Å². The van der Waals surface area contributed by atoms with Crippen molar-refractivity contribution in [2.75, 3.05) is 44.2 Å². The van der Waals surface area contributed by atoms with Gasteiger partial charge in [-0.05, 0) is 37.6 Å². The summed E-state index contributed by atoms with van der Waals surface area (Å²) in [5, 5.41) is 45.8. The number of aliphatic carboxylic acids is 2. The molecule has 0 spiro atoms. The predicted octanol–water partition coefficient (Wildman–Crippen LogP) is -0.0830. The van der Waals surface area contributed by atoms with Crippen LogP contribution < -0.4 is 11.1 Å². The van der Waals surface area contributed by atoms with Crippen molar-refractivity contribution in [1.82, 2.24) is 25.0 Å². The van der Waals surface area contributed by atoms with E-state index in [2.05, 4.69) is 15.5 Å². The fraction of sp³-hybridized carbons (Fsp3) is 0.393. The normalized spacial score (nSPS) is 20.4. The number of anilines is 1. The SMILES string of the molecule is CC(C)(O/N=C(\C(=O)NC1C(=O)N2C(C(=O)O)=C(CN3CCN(C(=O)c4ccc(O)c(O)c4)CC3)CSC12)c1csc(N)n1)C(=O)O. The van der Waals surface area contributed by atoms with E-state index in [-0.39, 0.29) is 46.0 Å². The lowest BCUT2D eigenvalue weighted by Gasteiger charge is -2.50. The molecule has 2 aromatic rings. The first-order valence-electron chi connectivity index (χ1n) is 14.1. The molecule has 2 fully saturated rings. The highest BCUT2D eigenvalue weighted by atomic mass is 32.2. The summed E-state index contributed by atoms with van der Waals surface area (Å²) in [7, 11) is 0. The number of amides is 3. The average Bonchev–Trinajstić information content (AvgIpc) is 3.46. The lowest BCUT2D eigenvalue weighted by atomic mass is 10.0. The molecule has 17 nitrogen and oxygen atoms in total. The number of hydrogen-bond donors (Lipinski definition) is 6. The second kappa shape index (κ2) is 13.1. The number of nitrogens with two attached hydrogens (primary N) is 1. The number of piperazine rings is 1. The Kier molecular flexibility index (Phi) is 9.32. The monoisotopic (exact) mass is 689 g/mol. The number of carbonyl (C=O) groups excluding carboxylic acids is 3. The number of benzene rings is 1. The van der Waals surface area contributed by atoms with Gasteiger partial charge in [0.1, 0.15) is 22.8 Å². The van der Waals surface area contributed by atoms with Gasteiger partial charge in [0.25, 0.3) is 17.7 Å². The first-order chi connectivity index (χ1) is 22.2. The number of nitrogens with one attached hydrogen (secondary N) is 1. The number of oxime groups is 1. The van der Waals surface area contributed by atoms with Crippen molar-refractivity contribution < 1.29 is 49.2 Å². The van der Waals surface area contributed by atoms with Crippen molar-refractivity contribution >= 4 is 63.6 Å². The molecule has 3 amide bonds. The predicted molar refractivity (Wildman–Crippen MR) is 168 cm³/mol. The van der Waals surface area contributed by atoms with E-state index in [0.29, 0.717) is 31.8 Å². The Hall–Kier alpha value is -4.88. The second-order valence-corrected chi connectivity index (χ2v) is 13.3. The summed E-state index contributed by atoms with van der Waals surface area (Å²) in [6.45, 7) is 4.24. The summed E-state index contributed by atoms with van der Waals surface area (Å²) in [4.78, 5) is 77.1. The molecule has 7 N–H and O–H groups in total. The van der Waals surface area contributed by atoms with Gasteiger partial charge in [0.15, 0.2) is 22.3 Å². The van der Waals surface area contributed by atoms with Crippen LogP contribution in [0.4, 0.5) is 5.13 Å². The summed E-state index contributed by atoms with van der Waals surface area (Å²) in [6.07, 6.45) is 0. The number of carboxylic acid groups (broad SMARTS) is 2. The number of hydrogen-bond acceptors (Lipinski definition) is 14. The first-order valence-corrected chi connectivity index (χ1v) is 16.1. The smallest absolute Gasteiger partial charge is 0.352 e. The highest BCUT2D eigenvalue weighted by Gasteiger charge is 2.54. The van der Waals surface area contributed by atoms with E-state index in [1.54, 1.807) is 4.90 Å². The van der Waals surface area contributed by atoms with Crippen molar-refractivity contribution in [3.05, 3.63) is 46.1 Å². The topological polar surface area (TPSA) is 249 Å². The van der Waals surface area contributed by atoms with Crippen molar-refractivity contribution in [2.24, 2.45) is 5.16 Å². The molecule has 250 valence electrons. The van der Waals surface area contributed by atoms with Crippen LogP contribution in [0, 0.1) is 0 Å². The molecule has 0 radical (unpaired) electrons. The molecular weight excluding hydrogens is 658 g/mol. The Balaban J connectivity index is 1.25. The zero-order valence-corrected chi connectivity index (χ0v) is 26.7. The molecule has 2 unspecified atom stereocenters. The first kappa shape index (κ1) is 33.5. The number of nitrogen functional groups attached to an aromatic ring is 1. The number of nitrogens with zero attached hydrogens (tertiary/aromatic N) is 5. The molecule has 4 heterocycles. The van der Waals surface area contributed by atoms with Crippen LogP contribution >= 0.6 is 23.1 Å². The van der Waals surface area contributed by atoms with Gasteiger partial charge in [0, 0.05) is 49.4 Å². The summed E-state index contributed by atoms with van der Waals surface area (Å²) in [5.74, 6) is -4.96. The molecule has 3 aliphatic rings. The lowest BCUT2D eigenvalue weighted by molar-refractivity contribution is -0.161. The minimum atomic E-state index is -1.79.